The van der Waals surface area contributed by atoms with Crippen LogP contribution in [0.2, 0.25) is 0 Å². The second-order valence-electron chi connectivity index (χ2n) is 3.15. The molecule has 82 valence electrons. The largest absolute Gasteiger partial charge is 0.356 e. The predicted octanol–water partition coefficient (Wildman–Crippen LogP) is 0.723. The van der Waals surface area contributed by atoms with Crippen molar-refractivity contribution in [2.24, 2.45) is 0 Å². The van der Waals surface area contributed by atoms with E-state index in [9.17, 15) is 4.79 Å². The molecule has 0 saturated heterocycles. The van der Waals surface area contributed by atoms with Gasteiger partial charge >= 0.3 is 0 Å². The van der Waals surface area contributed by atoms with Crippen LogP contribution in [0.25, 0.3) is 0 Å². The molecule has 0 aromatic carbocycles. The van der Waals surface area contributed by atoms with Gasteiger partial charge in [-0.25, -0.2) is 9.97 Å². The minimum atomic E-state index is 0.0395. The SMILES string of the molecule is CCNC(=O)CCNc1nccc(C)n1. The third-order valence-electron chi connectivity index (χ3n) is 1.80. The molecular weight excluding hydrogens is 192 g/mol. The van der Waals surface area contributed by atoms with Crippen molar-refractivity contribution in [2.75, 3.05) is 18.4 Å². The second kappa shape index (κ2) is 5.95. The Hall–Kier alpha value is -1.65. The lowest BCUT2D eigenvalue weighted by Crippen LogP contribution is -2.25. The first-order valence-corrected chi connectivity index (χ1v) is 5.02. The molecule has 0 aliphatic rings. The first-order valence-electron chi connectivity index (χ1n) is 5.02. The Morgan fingerprint density at radius 2 is 2.33 bits per heavy atom. The summed E-state index contributed by atoms with van der Waals surface area (Å²) in [6.07, 6.45) is 2.13. The number of hydrogen-bond acceptors (Lipinski definition) is 4. The van der Waals surface area contributed by atoms with Gasteiger partial charge < -0.3 is 10.6 Å². The number of aromatic nitrogens is 2. The molecule has 0 bridgehead atoms. The monoisotopic (exact) mass is 208 g/mol. The van der Waals surface area contributed by atoms with Gasteiger partial charge in [0.25, 0.3) is 0 Å². The van der Waals surface area contributed by atoms with E-state index in [1.54, 1.807) is 6.20 Å². The van der Waals surface area contributed by atoms with E-state index in [0.29, 0.717) is 25.5 Å². The number of aryl methyl sites for hydroxylation is 1. The van der Waals surface area contributed by atoms with Crippen molar-refractivity contribution in [3.05, 3.63) is 18.0 Å². The molecule has 0 spiro atoms. The maximum absolute atomic E-state index is 11.1. The van der Waals surface area contributed by atoms with Crippen LogP contribution in [0.5, 0.6) is 0 Å². The lowest BCUT2D eigenvalue weighted by Gasteiger charge is -2.04. The molecule has 0 fully saturated rings. The Labute approximate surface area is 89.3 Å². The molecule has 5 nitrogen and oxygen atoms in total. The topological polar surface area (TPSA) is 66.9 Å². The molecule has 1 heterocycles. The van der Waals surface area contributed by atoms with E-state index < -0.39 is 0 Å². The zero-order valence-electron chi connectivity index (χ0n) is 9.08. The van der Waals surface area contributed by atoms with Crippen molar-refractivity contribution in [3.63, 3.8) is 0 Å². The molecule has 15 heavy (non-hydrogen) atoms. The van der Waals surface area contributed by atoms with E-state index in [2.05, 4.69) is 20.6 Å². The molecule has 0 aliphatic heterocycles. The average molecular weight is 208 g/mol. The smallest absolute Gasteiger partial charge is 0.222 e. The maximum atomic E-state index is 11.1. The van der Waals surface area contributed by atoms with Crippen LogP contribution in [0.15, 0.2) is 12.3 Å². The van der Waals surface area contributed by atoms with Crippen molar-refractivity contribution < 1.29 is 4.79 Å². The fraction of sp³-hybridized carbons (Fsp3) is 0.500. The van der Waals surface area contributed by atoms with Gasteiger partial charge in [0.2, 0.25) is 11.9 Å². The third kappa shape index (κ3) is 4.39. The average Bonchev–Trinajstić information content (AvgIpc) is 2.18. The molecule has 5 heteroatoms. The molecule has 0 atom stereocenters. The number of carbonyl (C=O) groups is 1. The summed E-state index contributed by atoms with van der Waals surface area (Å²) in [5, 5.41) is 5.72. The molecule has 1 aromatic rings. The van der Waals surface area contributed by atoms with Crippen molar-refractivity contribution in [2.45, 2.75) is 20.3 Å². The van der Waals surface area contributed by atoms with E-state index >= 15 is 0 Å². The van der Waals surface area contributed by atoms with Crippen molar-refractivity contribution in [1.82, 2.24) is 15.3 Å². The second-order valence-corrected chi connectivity index (χ2v) is 3.15. The zero-order chi connectivity index (χ0) is 11.1. The highest BCUT2D eigenvalue weighted by molar-refractivity contribution is 5.76. The molecule has 0 aliphatic carbocycles. The fourth-order valence-electron chi connectivity index (χ4n) is 1.11. The Balaban J connectivity index is 2.28. The summed E-state index contributed by atoms with van der Waals surface area (Å²) < 4.78 is 0. The minimum Gasteiger partial charge on any atom is -0.356 e. The molecule has 1 amide bonds. The van der Waals surface area contributed by atoms with E-state index in [1.165, 1.54) is 0 Å². The Bertz CT molecular complexity index is 327. The van der Waals surface area contributed by atoms with Crippen LogP contribution in [0.1, 0.15) is 19.0 Å². The van der Waals surface area contributed by atoms with Gasteiger partial charge in [0.1, 0.15) is 0 Å². The Morgan fingerprint density at radius 1 is 1.53 bits per heavy atom. The number of nitrogens with zero attached hydrogens (tertiary/aromatic N) is 2. The van der Waals surface area contributed by atoms with Crippen LogP contribution in [0, 0.1) is 6.92 Å². The summed E-state index contributed by atoms with van der Waals surface area (Å²) in [6.45, 7) is 5.01. The molecule has 0 saturated carbocycles. The highest BCUT2D eigenvalue weighted by atomic mass is 16.1. The van der Waals surface area contributed by atoms with Crippen LogP contribution in [-0.4, -0.2) is 29.0 Å². The Kier molecular flexibility index (Phi) is 4.53. The first-order chi connectivity index (χ1) is 7.22. The molecule has 0 unspecified atom stereocenters. The van der Waals surface area contributed by atoms with Gasteiger partial charge in [-0.3, -0.25) is 4.79 Å². The van der Waals surface area contributed by atoms with Gasteiger partial charge in [-0.2, -0.15) is 0 Å². The summed E-state index contributed by atoms with van der Waals surface area (Å²) in [5.74, 6) is 0.608. The van der Waals surface area contributed by atoms with Crippen molar-refractivity contribution >= 4 is 11.9 Å². The fourth-order valence-corrected chi connectivity index (χ4v) is 1.11. The summed E-state index contributed by atoms with van der Waals surface area (Å²) >= 11 is 0. The van der Waals surface area contributed by atoms with Gasteiger partial charge in [-0.1, -0.05) is 0 Å². The van der Waals surface area contributed by atoms with Crippen LogP contribution in [0.3, 0.4) is 0 Å². The lowest BCUT2D eigenvalue weighted by atomic mass is 10.4. The maximum Gasteiger partial charge on any atom is 0.222 e. The molecule has 1 aromatic heterocycles. The predicted molar refractivity (Wildman–Crippen MR) is 58.6 cm³/mol. The summed E-state index contributed by atoms with van der Waals surface area (Å²) in [4.78, 5) is 19.3. The first kappa shape index (κ1) is 11.4. The standard InChI is InChI=1S/C10H16N4O/c1-3-11-9(15)5-7-13-10-12-6-4-8(2)14-10/h4,6H,3,5,7H2,1-2H3,(H,11,15)(H,12,13,14). The highest BCUT2D eigenvalue weighted by Crippen LogP contribution is 1.98. The third-order valence-corrected chi connectivity index (χ3v) is 1.80. The van der Waals surface area contributed by atoms with E-state index in [-0.39, 0.29) is 5.91 Å². The highest BCUT2D eigenvalue weighted by Gasteiger charge is 1.99. The van der Waals surface area contributed by atoms with Crippen LogP contribution in [-0.2, 0) is 4.79 Å². The molecule has 2 N–H and O–H groups in total. The minimum absolute atomic E-state index is 0.0395. The zero-order valence-corrected chi connectivity index (χ0v) is 9.08. The van der Waals surface area contributed by atoms with E-state index in [0.717, 1.165) is 5.69 Å². The molecule has 0 radical (unpaired) electrons. The van der Waals surface area contributed by atoms with Crippen molar-refractivity contribution in [1.29, 1.82) is 0 Å². The number of nitrogens with one attached hydrogen (secondary N) is 2. The lowest BCUT2D eigenvalue weighted by molar-refractivity contribution is -0.120. The van der Waals surface area contributed by atoms with Gasteiger partial charge in [-0.15, -0.1) is 0 Å². The molecular formula is C10H16N4O. The Morgan fingerprint density at radius 3 is 3.00 bits per heavy atom. The van der Waals surface area contributed by atoms with Gasteiger partial charge in [0, 0.05) is 31.4 Å². The van der Waals surface area contributed by atoms with Gasteiger partial charge in [-0.05, 0) is 19.9 Å². The summed E-state index contributed by atoms with van der Waals surface area (Å²) in [7, 11) is 0. The number of carbonyl (C=O) groups excluding carboxylic acids is 1. The number of amides is 1. The van der Waals surface area contributed by atoms with Crippen molar-refractivity contribution in [3.8, 4) is 0 Å². The number of rotatable bonds is 5. The van der Waals surface area contributed by atoms with Crippen LogP contribution in [0.4, 0.5) is 5.95 Å². The number of anilines is 1. The normalized spacial score (nSPS) is 9.73. The summed E-state index contributed by atoms with van der Waals surface area (Å²) in [6, 6.07) is 1.83. The van der Waals surface area contributed by atoms with E-state index in [1.807, 2.05) is 19.9 Å². The number of hydrogen-bond donors (Lipinski definition) is 2. The van der Waals surface area contributed by atoms with Gasteiger partial charge in [0.15, 0.2) is 0 Å². The quantitative estimate of drug-likeness (QED) is 0.748. The van der Waals surface area contributed by atoms with Crippen LogP contribution >= 0.6 is 0 Å². The van der Waals surface area contributed by atoms with E-state index in [4.69, 9.17) is 0 Å². The van der Waals surface area contributed by atoms with Crippen LogP contribution < -0.4 is 10.6 Å². The van der Waals surface area contributed by atoms with Gasteiger partial charge in [0.05, 0.1) is 0 Å². The molecule has 1 rings (SSSR count). The summed E-state index contributed by atoms with van der Waals surface area (Å²) in [5.41, 5.74) is 0.908.